The van der Waals surface area contributed by atoms with Crippen LogP contribution >= 0.6 is 0 Å². The smallest absolute Gasteiger partial charge is 0.351 e. The molecule has 1 aromatic carbocycles. The van der Waals surface area contributed by atoms with Crippen LogP contribution in [0.15, 0.2) is 24.3 Å². The van der Waals surface area contributed by atoms with Crippen LogP contribution in [-0.2, 0) is 15.8 Å². The lowest BCUT2D eigenvalue weighted by atomic mass is 9.79. The average Bonchev–Trinajstić information content (AvgIpc) is 2.88. The molecule has 2 fully saturated rings. The number of nitrogens with zero attached hydrogens (tertiary/aromatic N) is 2. The molecule has 1 saturated carbocycles. The minimum absolute atomic E-state index is 0.0718. The van der Waals surface area contributed by atoms with Crippen LogP contribution in [0.25, 0.3) is 0 Å². The first-order valence-electron chi connectivity index (χ1n) is 13.3. The summed E-state index contributed by atoms with van der Waals surface area (Å²) in [6, 6.07) is 4.31. The highest BCUT2D eigenvalue weighted by Gasteiger charge is 2.40. The Morgan fingerprint density at radius 2 is 1.81 bits per heavy atom. The maximum atomic E-state index is 13.5. The molecule has 1 aliphatic heterocycles. The molecule has 7 nitrogen and oxygen atoms in total. The average molecular weight is 525 g/mol. The molecule has 2 aliphatic rings. The van der Waals surface area contributed by atoms with E-state index in [9.17, 15) is 27.6 Å². The summed E-state index contributed by atoms with van der Waals surface area (Å²) in [5, 5.41) is 5.34. The second-order valence-corrected chi connectivity index (χ2v) is 10.3. The Kier molecular flexibility index (Phi) is 9.98. The Bertz CT molecular complexity index is 947. The Balaban J connectivity index is 1.64. The van der Waals surface area contributed by atoms with E-state index in [0.29, 0.717) is 18.9 Å². The van der Waals surface area contributed by atoms with Crippen molar-refractivity contribution in [1.82, 2.24) is 20.4 Å². The van der Waals surface area contributed by atoms with Crippen molar-refractivity contribution in [3.05, 3.63) is 35.4 Å². The standard InChI is InChI=1S/C27H39F3N4O3/c1-4-34(18(2)3)21-11-12-23(22(16-21)26(37)33-13-6-5-7-14-33)32-24(35)17-31-25(36)19-9-8-10-20(15-19)27(28,29)30/h8-10,15,18,21-23H,4-7,11-14,16-17H2,1-3H3,(H,31,36)(H,32,35)/t21-,22+,23+/m1/s1. The van der Waals surface area contributed by atoms with Crippen molar-refractivity contribution in [1.29, 1.82) is 0 Å². The third kappa shape index (κ3) is 7.69. The largest absolute Gasteiger partial charge is 0.416 e. The number of benzene rings is 1. The van der Waals surface area contributed by atoms with E-state index in [0.717, 1.165) is 63.5 Å². The van der Waals surface area contributed by atoms with Gasteiger partial charge in [0.1, 0.15) is 0 Å². The van der Waals surface area contributed by atoms with E-state index < -0.39 is 23.6 Å². The Labute approximate surface area is 217 Å². The van der Waals surface area contributed by atoms with Crippen LogP contribution < -0.4 is 10.6 Å². The van der Waals surface area contributed by atoms with E-state index in [1.165, 1.54) is 6.07 Å². The molecule has 1 aromatic rings. The number of amides is 3. The number of rotatable bonds is 8. The fraction of sp³-hybridized carbons (Fsp3) is 0.667. The molecule has 2 N–H and O–H groups in total. The molecule has 37 heavy (non-hydrogen) atoms. The van der Waals surface area contributed by atoms with Crippen molar-refractivity contribution in [3.63, 3.8) is 0 Å². The third-order valence-electron chi connectivity index (χ3n) is 7.51. The zero-order chi connectivity index (χ0) is 27.2. The van der Waals surface area contributed by atoms with Crippen LogP contribution in [0, 0.1) is 5.92 Å². The predicted molar refractivity (Wildman–Crippen MR) is 135 cm³/mol. The van der Waals surface area contributed by atoms with Crippen LogP contribution in [-0.4, -0.2) is 71.8 Å². The minimum Gasteiger partial charge on any atom is -0.351 e. The van der Waals surface area contributed by atoms with Crippen molar-refractivity contribution in [2.75, 3.05) is 26.2 Å². The lowest BCUT2D eigenvalue weighted by Gasteiger charge is -2.44. The highest BCUT2D eigenvalue weighted by Crippen LogP contribution is 2.32. The van der Waals surface area contributed by atoms with Gasteiger partial charge in [0, 0.05) is 36.8 Å². The van der Waals surface area contributed by atoms with E-state index >= 15 is 0 Å². The first-order chi connectivity index (χ1) is 17.5. The normalized spacial score (nSPS) is 22.7. The van der Waals surface area contributed by atoms with Crippen LogP contribution in [0.2, 0.25) is 0 Å². The van der Waals surface area contributed by atoms with Gasteiger partial charge in [-0.3, -0.25) is 19.3 Å². The second-order valence-electron chi connectivity index (χ2n) is 10.3. The van der Waals surface area contributed by atoms with Crippen molar-refractivity contribution in [3.8, 4) is 0 Å². The molecule has 206 valence electrons. The second kappa shape index (κ2) is 12.8. The number of hydrogen-bond donors (Lipinski definition) is 2. The monoisotopic (exact) mass is 524 g/mol. The van der Waals surface area contributed by atoms with Crippen LogP contribution in [0.4, 0.5) is 13.2 Å². The molecule has 1 aliphatic carbocycles. The van der Waals surface area contributed by atoms with E-state index in [4.69, 9.17) is 0 Å². The lowest BCUT2D eigenvalue weighted by Crippen LogP contribution is -2.56. The minimum atomic E-state index is -4.56. The van der Waals surface area contributed by atoms with Crippen molar-refractivity contribution in [2.45, 2.75) is 83.6 Å². The molecular weight excluding hydrogens is 485 g/mol. The zero-order valence-corrected chi connectivity index (χ0v) is 21.9. The number of halogens is 3. The Morgan fingerprint density at radius 1 is 1.11 bits per heavy atom. The fourth-order valence-electron chi connectivity index (χ4n) is 5.65. The zero-order valence-electron chi connectivity index (χ0n) is 21.9. The van der Waals surface area contributed by atoms with E-state index in [1.807, 2.05) is 4.90 Å². The van der Waals surface area contributed by atoms with Crippen molar-refractivity contribution < 1.29 is 27.6 Å². The van der Waals surface area contributed by atoms with Gasteiger partial charge in [0.25, 0.3) is 5.91 Å². The Hall–Kier alpha value is -2.62. The molecule has 10 heteroatoms. The van der Waals surface area contributed by atoms with Crippen LogP contribution in [0.5, 0.6) is 0 Å². The molecule has 3 amide bonds. The molecule has 0 bridgehead atoms. The number of alkyl halides is 3. The quantitative estimate of drug-likeness (QED) is 0.542. The fourth-order valence-corrected chi connectivity index (χ4v) is 5.65. The molecule has 1 saturated heterocycles. The highest BCUT2D eigenvalue weighted by atomic mass is 19.4. The van der Waals surface area contributed by atoms with E-state index in [-0.39, 0.29) is 36.0 Å². The topological polar surface area (TPSA) is 81.8 Å². The Morgan fingerprint density at radius 3 is 2.43 bits per heavy atom. The summed E-state index contributed by atoms with van der Waals surface area (Å²) in [5.41, 5.74) is -1.10. The molecule has 0 spiro atoms. The number of hydrogen-bond acceptors (Lipinski definition) is 4. The number of nitrogens with one attached hydrogen (secondary N) is 2. The molecule has 3 rings (SSSR count). The van der Waals surface area contributed by atoms with E-state index in [2.05, 4.69) is 36.3 Å². The van der Waals surface area contributed by atoms with Gasteiger partial charge in [-0.2, -0.15) is 13.2 Å². The van der Waals surface area contributed by atoms with Crippen LogP contribution in [0.1, 0.15) is 75.2 Å². The van der Waals surface area contributed by atoms with Gasteiger partial charge in [-0.25, -0.2) is 0 Å². The van der Waals surface area contributed by atoms with Crippen LogP contribution in [0.3, 0.4) is 0 Å². The summed E-state index contributed by atoms with van der Waals surface area (Å²) >= 11 is 0. The summed E-state index contributed by atoms with van der Waals surface area (Å²) < 4.78 is 38.9. The molecular formula is C27H39F3N4O3. The van der Waals surface area contributed by atoms with Gasteiger partial charge in [-0.05, 0) is 77.1 Å². The molecule has 3 atom stereocenters. The number of carbonyl (C=O) groups excluding carboxylic acids is 3. The SMILES string of the molecule is CCN(C(C)C)[C@@H]1CC[C@H](NC(=O)CNC(=O)c2cccc(C(F)(F)F)c2)[C@@H](C(=O)N2CCCCC2)C1. The lowest BCUT2D eigenvalue weighted by molar-refractivity contribution is -0.140. The van der Waals surface area contributed by atoms with Gasteiger partial charge in [0.2, 0.25) is 11.8 Å². The van der Waals surface area contributed by atoms with Gasteiger partial charge in [-0.15, -0.1) is 0 Å². The summed E-state index contributed by atoms with van der Waals surface area (Å²) in [6.07, 6.45) is 0.651. The first-order valence-corrected chi connectivity index (χ1v) is 13.3. The molecule has 1 heterocycles. The molecule has 0 aromatic heterocycles. The number of carbonyl (C=O) groups is 3. The number of likely N-dealkylation sites (tertiary alicyclic amines) is 1. The van der Waals surface area contributed by atoms with Crippen molar-refractivity contribution in [2.24, 2.45) is 5.92 Å². The van der Waals surface area contributed by atoms with Gasteiger partial charge >= 0.3 is 6.18 Å². The highest BCUT2D eigenvalue weighted by molar-refractivity contribution is 5.96. The third-order valence-corrected chi connectivity index (χ3v) is 7.51. The maximum absolute atomic E-state index is 13.5. The summed E-state index contributed by atoms with van der Waals surface area (Å²) in [7, 11) is 0. The number of piperidine rings is 1. The summed E-state index contributed by atoms with van der Waals surface area (Å²) in [4.78, 5) is 43.0. The van der Waals surface area contributed by atoms with Gasteiger partial charge in [0.15, 0.2) is 0 Å². The summed E-state index contributed by atoms with van der Waals surface area (Å²) in [5.74, 6) is -1.51. The first kappa shape index (κ1) is 28.9. The van der Waals surface area contributed by atoms with Gasteiger partial charge in [-0.1, -0.05) is 13.0 Å². The predicted octanol–water partition coefficient (Wildman–Crippen LogP) is 3.83. The maximum Gasteiger partial charge on any atom is 0.416 e. The van der Waals surface area contributed by atoms with Crippen molar-refractivity contribution >= 4 is 17.7 Å². The summed E-state index contributed by atoms with van der Waals surface area (Å²) in [6.45, 7) is 8.36. The molecule has 0 radical (unpaired) electrons. The van der Waals surface area contributed by atoms with Gasteiger partial charge < -0.3 is 15.5 Å². The molecule has 0 unspecified atom stereocenters. The van der Waals surface area contributed by atoms with Gasteiger partial charge in [0.05, 0.1) is 18.0 Å². The van der Waals surface area contributed by atoms with E-state index in [1.54, 1.807) is 0 Å².